The molecule has 1 aromatic heterocycles. The summed E-state index contributed by atoms with van der Waals surface area (Å²) in [6.07, 6.45) is 0.735. The number of methoxy groups -OCH3 is 1. The van der Waals surface area contributed by atoms with Crippen molar-refractivity contribution in [3.63, 3.8) is 0 Å². The molecule has 0 unspecified atom stereocenters. The number of pyridine rings is 1. The molecule has 0 aliphatic carbocycles. The number of fused-ring (bicyclic) bond motifs is 1. The van der Waals surface area contributed by atoms with Crippen LogP contribution in [-0.2, 0) is 11.8 Å². The zero-order chi connectivity index (χ0) is 20.3. The Balaban J connectivity index is 2.15. The lowest BCUT2D eigenvalue weighted by Gasteiger charge is -2.26. The highest BCUT2D eigenvalue weighted by molar-refractivity contribution is 7.81. The summed E-state index contributed by atoms with van der Waals surface area (Å²) in [7, 11) is 3.35. The van der Waals surface area contributed by atoms with Crippen molar-refractivity contribution in [2.24, 2.45) is 7.05 Å². The van der Waals surface area contributed by atoms with Gasteiger partial charge in [0.05, 0.1) is 5.52 Å². The van der Waals surface area contributed by atoms with Crippen LogP contribution >= 0.6 is 12.2 Å². The van der Waals surface area contributed by atoms with Crippen molar-refractivity contribution in [3.8, 4) is 5.75 Å². The van der Waals surface area contributed by atoms with E-state index in [1.54, 1.807) is 14.2 Å². The molecule has 0 aliphatic rings. The van der Waals surface area contributed by atoms with Crippen LogP contribution in [0.15, 0.2) is 53.3 Å². The van der Waals surface area contributed by atoms with E-state index in [9.17, 15) is 9.90 Å². The first kappa shape index (κ1) is 20.0. The first-order valence-corrected chi connectivity index (χ1v) is 9.54. The Labute approximate surface area is 169 Å². The third kappa shape index (κ3) is 3.79. The molecule has 0 radical (unpaired) electrons. The highest BCUT2D eigenvalue weighted by Gasteiger charge is 2.23. The predicted molar refractivity (Wildman–Crippen MR) is 118 cm³/mol. The van der Waals surface area contributed by atoms with Crippen molar-refractivity contribution in [1.29, 1.82) is 0 Å². The lowest BCUT2D eigenvalue weighted by atomic mass is 10.1. The molecule has 0 atom stereocenters. The number of rotatable bonds is 6. The van der Waals surface area contributed by atoms with E-state index < -0.39 is 0 Å². The summed E-state index contributed by atoms with van der Waals surface area (Å²) in [5.74, 6) is -0.0699. The molecule has 146 valence electrons. The molecule has 0 fully saturated rings. The monoisotopic (exact) mass is 396 g/mol. The number of ether oxygens (including phenoxy) is 1. The lowest BCUT2D eigenvalue weighted by molar-refractivity contribution is 0.197. The molecule has 1 N–H and O–H groups in total. The summed E-state index contributed by atoms with van der Waals surface area (Å²) >= 11 is 5.72. The van der Waals surface area contributed by atoms with Crippen molar-refractivity contribution in [1.82, 2.24) is 4.57 Å². The van der Waals surface area contributed by atoms with Gasteiger partial charge in [0.1, 0.15) is 16.3 Å². The number of thiocarbonyl (C=S) groups is 1. The van der Waals surface area contributed by atoms with Crippen LogP contribution < -0.4 is 10.5 Å². The Morgan fingerprint density at radius 1 is 1.21 bits per heavy atom. The van der Waals surface area contributed by atoms with Crippen LogP contribution in [0.1, 0.15) is 17.5 Å². The van der Waals surface area contributed by atoms with Gasteiger partial charge in [-0.25, -0.2) is 0 Å². The zero-order valence-corrected chi connectivity index (χ0v) is 17.1. The van der Waals surface area contributed by atoms with Gasteiger partial charge in [0.25, 0.3) is 5.56 Å². The third-order valence-electron chi connectivity index (χ3n) is 4.78. The molecule has 6 heteroatoms. The van der Waals surface area contributed by atoms with Crippen LogP contribution in [0.3, 0.4) is 0 Å². The maximum Gasteiger partial charge on any atom is 0.264 e. The zero-order valence-electron chi connectivity index (χ0n) is 16.3. The molecule has 0 saturated carbocycles. The van der Waals surface area contributed by atoms with Gasteiger partial charge in [0.2, 0.25) is 0 Å². The van der Waals surface area contributed by atoms with Crippen molar-refractivity contribution in [2.45, 2.75) is 13.3 Å². The average Bonchev–Trinajstić information content (AvgIpc) is 2.70. The average molecular weight is 397 g/mol. The van der Waals surface area contributed by atoms with Gasteiger partial charge in [0, 0.05) is 38.4 Å². The van der Waals surface area contributed by atoms with Crippen molar-refractivity contribution >= 4 is 33.8 Å². The summed E-state index contributed by atoms with van der Waals surface area (Å²) in [4.78, 5) is 15.3. The number of aromatic hydroxyl groups is 1. The summed E-state index contributed by atoms with van der Waals surface area (Å²) < 4.78 is 6.70. The summed E-state index contributed by atoms with van der Waals surface area (Å²) in [6.45, 7) is 3.10. The van der Waals surface area contributed by atoms with Crippen LogP contribution in [0.4, 0.5) is 5.69 Å². The smallest absolute Gasteiger partial charge is 0.264 e. The minimum Gasteiger partial charge on any atom is -0.506 e. The van der Waals surface area contributed by atoms with Gasteiger partial charge >= 0.3 is 0 Å². The van der Waals surface area contributed by atoms with E-state index in [1.807, 2.05) is 60.4 Å². The molecular weight excluding hydrogens is 372 g/mol. The van der Waals surface area contributed by atoms with Crippen molar-refractivity contribution in [3.05, 3.63) is 70.0 Å². The molecule has 1 heterocycles. The molecular formula is C22H24N2O3S. The van der Waals surface area contributed by atoms with Gasteiger partial charge in [-0.3, -0.25) is 4.79 Å². The lowest BCUT2D eigenvalue weighted by Crippen LogP contribution is -2.37. The Morgan fingerprint density at radius 3 is 2.61 bits per heavy atom. The largest absolute Gasteiger partial charge is 0.506 e. The van der Waals surface area contributed by atoms with E-state index in [2.05, 4.69) is 0 Å². The fourth-order valence-corrected chi connectivity index (χ4v) is 3.68. The van der Waals surface area contributed by atoms with E-state index in [1.165, 1.54) is 4.57 Å². The topological polar surface area (TPSA) is 54.7 Å². The molecule has 5 nitrogen and oxygen atoms in total. The minimum absolute atomic E-state index is 0.0699. The van der Waals surface area contributed by atoms with E-state index in [-0.39, 0.29) is 16.9 Å². The number of nitrogens with zero attached hydrogens (tertiary/aromatic N) is 2. The normalized spacial score (nSPS) is 11.0. The highest BCUT2D eigenvalue weighted by atomic mass is 32.1. The van der Waals surface area contributed by atoms with Crippen LogP contribution in [0.2, 0.25) is 0 Å². The van der Waals surface area contributed by atoms with Crippen molar-refractivity contribution in [2.75, 3.05) is 25.2 Å². The number of aromatic nitrogens is 1. The molecule has 3 rings (SSSR count). The molecule has 0 amide bonds. The molecule has 28 heavy (non-hydrogen) atoms. The van der Waals surface area contributed by atoms with E-state index in [0.717, 1.165) is 17.7 Å². The first-order chi connectivity index (χ1) is 13.5. The van der Waals surface area contributed by atoms with Gasteiger partial charge in [-0.1, -0.05) is 42.0 Å². The second kappa shape index (κ2) is 8.54. The summed E-state index contributed by atoms with van der Waals surface area (Å²) in [5, 5.41) is 11.6. The quantitative estimate of drug-likeness (QED) is 0.508. The van der Waals surface area contributed by atoms with E-state index >= 15 is 0 Å². The molecule has 0 bridgehead atoms. The standard InChI is InChI=1S/C22H24N2O3S/c1-15-10-11-18-17(14-15)20(25)19(21(26)23(18)2)22(28)24(12-7-13-27-3)16-8-5-4-6-9-16/h4-6,8-11,14,25H,7,12-13H2,1-3H3. The SMILES string of the molecule is COCCCN(C(=S)c1c(O)c2cc(C)ccc2n(C)c1=O)c1ccccc1. The number of para-hydroxylation sites is 1. The number of benzene rings is 2. The van der Waals surface area contributed by atoms with Crippen LogP contribution in [0.25, 0.3) is 10.9 Å². The van der Waals surface area contributed by atoms with Crippen LogP contribution in [0, 0.1) is 6.92 Å². The molecule has 3 aromatic rings. The Bertz CT molecular complexity index is 1060. The number of hydrogen-bond donors (Lipinski definition) is 1. The Kier molecular flexibility index (Phi) is 6.11. The maximum absolute atomic E-state index is 13.1. The molecule has 0 saturated heterocycles. The van der Waals surface area contributed by atoms with E-state index in [0.29, 0.717) is 29.0 Å². The minimum atomic E-state index is -0.313. The first-order valence-electron chi connectivity index (χ1n) is 9.14. The van der Waals surface area contributed by atoms with Gasteiger partial charge in [-0.05, 0) is 37.6 Å². The van der Waals surface area contributed by atoms with Gasteiger partial charge in [-0.2, -0.15) is 0 Å². The highest BCUT2D eigenvalue weighted by Crippen LogP contribution is 2.29. The fraction of sp³-hybridized carbons (Fsp3) is 0.273. The summed E-state index contributed by atoms with van der Waals surface area (Å²) in [6, 6.07) is 15.3. The van der Waals surface area contributed by atoms with Gasteiger partial charge in [-0.15, -0.1) is 0 Å². The maximum atomic E-state index is 13.1. The molecule has 2 aromatic carbocycles. The second-order valence-electron chi connectivity index (χ2n) is 6.75. The Hall–Kier alpha value is -2.70. The second-order valence-corrected chi connectivity index (χ2v) is 7.13. The van der Waals surface area contributed by atoms with Gasteiger partial charge < -0.3 is 19.3 Å². The number of hydrogen-bond acceptors (Lipinski definition) is 4. The third-order valence-corrected chi connectivity index (χ3v) is 5.21. The van der Waals surface area contributed by atoms with Crippen molar-refractivity contribution < 1.29 is 9.84 Å². The Morgan fingerprint density at radius 2 is 1.93 bits per heavy atom. The summed E-state index contributed by atoms with van der Waals surface area (Å²) in [5.41, 5.74) is 2.38. The van der Waals surface area contributed by atoms with Crippen LogP contribution in [-0.4, -0.2) is 34.9 Å². The molecule has 0 spiro atoms. The van der Waals surface area contributed by atoms with Crippen LogP contribution in [0.5, 0.6) is 5.75 Å². The molecule has 0 aliphatic heterocycles. The fourth-order valence-electron chi connectivity index (χ4n) is 3.30. The number of anilines is 1. The van der Waals surface area contributed by atoms with E-state index in [4.69, 9.17) is 17.0 Å². The number of aryl methyl sites for hydroxylation is 2. The predicted octanol–water partition coefficient (Wildman–Crippen LogP) is 3.77. The van der Waals surface area contributed by atoms with Gasteiger partial charge in [0.15, 0.2) is 0 Å².